The number of rotatable bonds is 11. The smallest absolute Gasteiger partial charge is 0.270 e. The monoisotopic (exact) mass is 485 g/mol. The Labute approximate surface area is 199 Å². The molecule has 170 valence electrons. The van der Waals surface area contributed by atoms with Gasteiger partial charge in [-0.15, -0.1) is 16.8 Å². The zero-order chi connectivity index (χ0) is 23.8. The third kappa shape index (κ3) is 6.50. The number of amides is 1. The topological polar surface area (TPSA) is 120 Å². The molecule has 1 aromatic heterocycles. The number of ketones is 1. The highest BCUT2D eigenvalue weighted by Crippen LogP contribution is 2.21. The van der Waals surface area contributed by atoms with Crippen LogP contribution in [0.2, 0.25) is 5.02 Å². The van der Waals surface area contributed by atoms with Gasteiger partial charge in [-0.3, -0.25) is 19.7 Å². The number of nitrogens with one attached hydrogen (secondary N) is 1. The van der Waals surface area contributed by atoms with Crippen LogP contribution in [0.5, 0.6) is 0 Å². The van der Waals surface area contributed by atoms with Crippen molar-refractivity contribution in [2.24, 2.45) is 0 Å². The first-order chi connectivity index (χ1) is 15.9. The summed E-state index contributed by atoms with van der Waals surface area (Å²) in [6, 6.07) is 12.2. The van der Waals surface area contributed by atoms with Crippen LogP contribution < -0.4 is 5.32 Å². The fourth-order valence-corrected chi connectivity index (χ4v) is 3.91. The number of allylic oxidation sites excluding steroid dienone is 1. The van der Waals surface area contributed by atoms with Crippen LogP contribution in [-0.4, -0.2) is 43.7 Å². The van der Waals surface area contributed by atoms with Crippen molar-refractivity contribution in [2.75, 3.05) is 12.3 Å². The Bertz CT molecular complexity index is 1180. The number of nitro benzene ring substituents is 1. The van der Waals surface area contributed by atoms with Gasteiger partial charge in [0.05, 0.1) is 10.7 Å². The highest BCUT2D eigenvalue weighted by atomic mass is 35.5. The fourth-order valence-electron chi connectivity index (χ4n) is 2.92. The van der Waals surface area contributed by atoms with E-state index in [1.54, 1.807) is 36.4 Å². The van der Waals surface area contributed by atoms with Crippen molar-refractivity contribution >= 4 is 40.7 Å². The quantitative estimate of drug-likeness (QED) is 0.143. The lowest BCUT2D eigenvalue weighted by atomic mass is 10.1. The van der Waals surface area contributed by atoms with Gasteiger partial charge in [0, 0.05) is 47.8 Å². The first-order valence-corrected chi connectivity index (χ1v) is 11.2. The van der Waals surface area contributed by atoms with Crippen LogP contribution in [-0.2, 0) is 13.0 Å². The Morgan fingerprint density at radius 1 is 1.18 bits per heavy atom. The van der Waals surface area contributed by atoms with Crippen molar-refractivity contribution in [1.82, 2.24) is 20.1 Å². The highest BCUT2D eigenvalue weighted by Gasteiger charge is 2.16. The molecule has 3 aromatic rings. The van der Waals surface area contributed by atoms with Gasteiger partial charge in [0.1, 0.15) is 5.82 Å². The summed E-state index contributed by atoms with van der Waals surface area (Å²) in [7, 11) is 0. The van der Waals surface area contributed by atoms with Crippen LogP contribution in [0.15, 0.2) is 66.3 Å². The third-order valence-electron chi connectivity index (χ3n) is 4.56. The Balaban J connectivity index is 1.60. The minimum absolute atomic E-state index is 0.0454. The average molecular weight is 486 g/mol. The number of Topliss-reactive ketones (excluding diaryl/α,β-unsaturated/α-hetero) is 1. The van der Waals surface area contributed by atoms with Crippen molar-refractivity contribution in [2.45, 2.75) is 18.1 Å². The number of aromatic nitrogens is 3. The molecule has 0 aliphatic heterocycles. The van der Waals surface area contributed by atoms with E-state index in [0.717, 1.165) is 0 Å². The largest absolute Gasteiger partial charge is 0.352 e. The summed E-state index contributed by atoms with van der Waals surface area (Å²) in [5.41, 5.74) is 0.628. The van der Waals surface area contributed by atoms with E-state index in [0.29, 0.717) is 41.1 Å². The van der Waals surface area contributed by atoms with Gasteiger partial charge >= 0.3 is 0 Å². The van der Waals surface area contributed by atoms with E-state index in [9.17, 15) is 19.7 Å². The van der Waals surface area contributed by atoms with Crippen molar-refractivity contribution in [3.8, 4) is 0 Å². The van der Waals surface area contributed by atoms with E-state index in [1.807, 2.05) is 4.57 Å². The molecule has 9 nitrogen and oxygen atoms in total. The number of carbonyl (C=O) groups is 2. The van der Waals surface area contributed by atoms with Crippen molar-refractivity contribution in [1.29, 1.82) is 0 Å². The first kappa shape index (κ1) is 24.1. The summed E-state index contributed by atoms with van der Waals surface area (Å²) in [5.74, 6) is 0.202. The number of thioether (sulfide) groups is 1. The van der Waals surface area contributed by atoms with Crippen LogP contribution >= 0.6 is 23.4 Å². The van der Waals surface area contributed by atoms with Gasteiger partial charge in [0.25, 0.3) is 11.6 Å². The zero-order valence-electron chi connectivity index (χ0n) is 17.4. The SMILES string of the molecule is C=CCn1c(CCNC(=O)c2ccc(Cl)cc2)nnc1SCC(=O)c1cccc([N+](=O)[O-])c1. The number of benzene rings is 2. The molecule has 0 fully saturated rings. The number of nitrogens with zero attached hydrogens (tertiary/aromatic N) is 4. The van der Waals surface area contributed by atoms with E-state index >= 15 is 0 Å². The molecule has 3 rings (SSSR count). The van der Waals surface area contributed by atoms with E-state index in [-0.39, 0.29) is 28.7 Å². The normalized spacial score (nSPS) is 10.6. The maximum Gasteiger partial charge on any atom is 0.270 e. The second-order valence-corrected chi connectivity index (χ2v) is 8.21. The molecule has 11 heteroatoms. The Kier molecular flexibility index (Phi) is 8.34. The maximum atomic E-state index is 12.5. The first-order valence-electron chi connectivity index (χ1n) is 9.86. The molecule has 1 amide bonds. The number of carbonyl (C=O) groups excluding carboxylic acids is 2. The zero-order valence-corrected chi connectivity index (χ0v) is 19.0. The summed E-state index contributed by atoms with van der Waals surface area (Å²) in [6.45, 7) is 4.52. The number of non-ortho nitro benzene ring substituents is 1. The molecule has 2 aromatic carbocycles. The Morgan fingerprint density at radius 3 is 2.64 bits per heavy atom. The molecule has 0 atom stereocenters. The summed E-state index contributed by atoms with van der Waals surface area (Å²) in [5, 5.41) is 23.2. The highest BCUT2D eigenvalue weighted by molar-refractivity contribution is 7.99. The Hall–Kier alpha value is -3.50. The molecular weight excluding hydrogens is 466 g/mol. The lowest BCUT2D eigenvalue weighted by Gasteiger charge is -2.08. The predicted molar refractivity (Wildman–Crippen MR) is 126 cm³/mol. The van der Waals surface area contributed by atoms with Gasteiger partial charge < -0.3 is 9.88 Å². The summed E-state index contributed by atoms with van der Waals surface area (Å²) in [6.07, 6.45) is 2.12. The van der Waals surface area contributed by atoms with Crippen LogP contribution in [0.4, 0.5) is 5.69 Å². The molecular formula is C22H20ClN5O4S. The fraction of sp³-hybridized carbons (Fsp3) is 0.182. The molecule has 0 radical (unpaired) electrons. The minimum Gasteiger partial charge on any atom is -0.352 e. The van der Waals surface area contributed by atoms with Gasteiger partial charge in [-0.2, -0.15) is 0 Å². The molecule has 0 spiro atoms. The third-order valence-corrected chi connectivity index (χ3v) is 5.78. The standard InChI is InChI=1S/C22H20ClN5O4S/c1-2-12-27-20(10-11-24-21(30)15-6-8-17(23)9-7-15)25-26-22(27)33-14-19(29)16-4-3-5-18(13-16)28(31)32/h2-9,13H,1,10-12,14H2,(H,24,30). The molecule has 1 N–H and O–H groups in total. The van der Waals surface area contributed by atoms with Gasteiger partial charge in [0.2, 0.25) is 0 Å². The van der Waals surface area contributed by atoms with Crippen LogP contribution in [0.1, 0.15) is 26.5 Å². The lowest BCUT2D eigenvalue weighted by molar-refractivity contribution is -0.384. The molecule has 1 heterocycles. The van der Waals surface area contributed by atoms with Gasteiger partial charge in [-0.1, -0.05) is 41.6 Å². The molecule has 0 saturated carbocycles. The Morgan fingerprint density at radius 2 is 1.94 bits per heavy atom. The molecule has 0 saturated heterocycles. The summed E-state index contributed by atoms with van der Waals surface area (Å²) < 4.78 is 1.81. The lowest BCUT2D eigenvalue weighted by Crippen LogP contribution is -2.26. The summed E-state index contributed by atoms with van der Waals surface area (Å²) in [4.78, 5) is 35.1. The average Bonchev–Trinajstić information content (AvgIpc) is 3.19. The van der Waals surface area contributed by atoms with E-state index in [4.69, 9.17) is 11.6 Å². The van der Waals surface area contributed by atoms with Crippen molar-refractivity contribution in [3.05, 3.63) is 93.3 Å². The van der Waals surface area contributed by atoms with Crippen molar-refractivity contribution in [3.63, 3.8) is 0 Å². The molecule has 0 bridgehead atoms. The van der Waals surface area contributed by atoms with Gasteiger partial charge in [0.15, 0.2) is 10.9 Å². The maximum absolute atomic E-state index is 12.5. The van der Waals surface area contributed by atoms with Crippen LogP contribution in [0, 0.1) is 10.1 Å². The van der Waals surface area contributed by atoms with E-state index < -0.39 is 4.92 Å². The van der Waals surface area contributed by atoms with Gasteiger partial charge in [-0.05, 0) is 24.3 Å². The second kappa shape index (κ2) is 11.4. The van der Waals surface area contributed by atoms with Crippen LogP contribution in [0.3, 0.4) is 0 Å². The van der Waals surface area contributed by atoms with Crippen LogP contribution in [0.25, 0.3) is 0 Å². The molecule has 33 heavy (non-hydrogen) atoms. The van der Waals surface area contributed by atoms with Crippen molar-refractivity contribution < 1.29 is 14.5 Å². The van der Waals surface area contributed by atoms with Gasteiger partial charge in [-0.25, -0.2) is 0 Å². The second-order valence-electron chi connectivity index (χ2n) is 6.83. The van der Waals surface area contributed by atoms with E-state index in [1.165, 1.54) is 30.0 Å². The number of hydrogen-bond donors (Lipinski definition) is 1. The number of nitro groups is 1. The molecule has 0 unspecified atom stereocenters. The summed E-state index contributed by atoms with van der Waals surface area (Å²) >= 11 is 7.03. The molecule has 0 aliphatic rings. The predicted octanol–water partition coefficient (Wildman–Crippen LogP) is 3.97. The number of hydrogen-bond acceptors (Lipinski definition) is 7. The number of halogens is 1. The minimum atomic E-state index is -0.539. The van der Waals surface area contributed by atoms with E-state index in [2.05, 4.69) is 22.1 Å². The molecule has 0 aliphatic carbocycles.